The van der Waals surface area contributed by atoms with Crippen LogP contribution < -0.4 is 16.8 Å². The lowest BCUT2D eigenvalue weighted by Gasteiger charge is -2.60. The van der Waals surface area contributed by atoms with E-state index >= 15 is 0 Å². The van der Waals surface area contributed by atoms with Crippen molar-refractivity contribution in [2.45, 2.75) is 62.9 Å². The number of nitrogens with zero attached hydrogens (tertiary/aromatic N) is 1. The van der Waals surface area contributed by atoms with Crippen molar-refractivity contribution in [2.24, 2.45) is 35.1 Å². The first kappa shape index (κ1) is 15.7. The van der Waals surface area contributed by atoms with Gasteiger partial charge in [0.15, 0.2) is 0 Å². The Balaban J connectivity index is 1.39. The average Bonchev–Trinajstić information content (AvgIpc) is 2.57. The third kappa shape index (κ3) is 2.66. The Bertz CT molecular complexity index is 438. The molecular weight excluding hydrogens is 288 g/mol. The molecule has 2 amide bonds. The Kier molecular flexibility index (Phi) is 4.04. The van der Waals surface area contributed by atoms with Gasteiger partial charge in [0.05, 0.1) is 0 Å². The minimum atomic E-state index is -0.170. The lowest BCUT2D eigenvalue weighted by atomic mass is 9.49. The molecule has 0 aromatic rings. The first-order chi connectivity index (χ1) is 11.1. The number of hydrogen-bond acceptors (Lipinski definition) is 3. The summed E-state index contributed by atoms with van der Waals surface area (Å²) in [6.07, 6.45) is 9.88. The van der Waals surface area contributed by atoms with Crippen molar-refractivity contribution in [2.75, 3.05) is 19.6 Å². The summed E-state index contributed by atoms with van der Waals surface area (Å²) in [6.45, 7) is 2.05. The number of urea groups is 1. The maximum Gasteiger partial charge on any atom is 0.317 e. The van der Waals surface area contributed by atoms with Gasteiger partial charge < -0.3 is 21.7 Å². The number of hydrogen-bond donors (Lipinski definition) is 3. The Morgan fingerprint density at radius 2 is 1.74 bits per heavy atom. The molecule has 5 heteroatoms. The van der Waals surface area contributed by atoms with Gasteiger partial charge in [-0.2, -0.15) is 0 Å². The van der Waals surface area contributed by atoms with Crippen molar-refractivity contribution in [1.82, 2.24) is 10.2 Å². The number of piperidine rings is 1. The highest BCUT2D eigenvalue weighted by Gasteiger charge is 2.55. The molecule has 5 fully saturated rings. The van der Waals surface area contributed by atoms with E-state index in [9.17, 15) is 4.79 Å². The van der Waals surface area contributed by atoms with Crippen LogP contribution in [0.15, 0.2) is 0 Å². The van der Waals surface area contributed by atoms with E-state index in [1.165, 1.54) is 38.5 Å². The van der Waals surface area contributed by atoms with E-state index in [-0.39, 0.29) is 17.6 Å². The lowest BCUT2D eigenvalue weighted by Crippen LogP contribution is -2.68. The van der Waals surface area contributed by atoms with Crippen LogP contribution in [0.1, 0.15) is 51.4 Å². The third-order valence-electron chi connectivity index (χ3n) is 7.36. The maximum atomic E-state index is 12.6. The molecule has 4 bridgehead atoms. The molecule has 4 aliphatic carbocycles. The fraction of sp³-hybridized carbons (Fsp3) is 0.944. The quantitative estimate of drug-likeness (QED) is 0.739. The molecule has 0 aromatic carbocycles. The van der Waals surface area contributed by atoms with Crippen LogP contribution in [0.3, 0.4) is 0 Å². The van der Waals surface area contributed by atoms with Crippen LogP contribution in [0.2, 0.25) is 0 Å². The highest BCUT2D eigenvalue weighted by Crippen LogP contribution is 2.57. The molecule has 1 atom stereocenters. The first-order valence-electron chi connectivity index (χ1n) is 9.63. The number of carbonyl (C=O) groups is 1. The zero-order valence-corrected chi connectivity index (χ0v) is 14.2. The Hall–Kier alpha value is -0.810. The summed E-state index contributed by atoms with van der Waals surface area (Å²) in [5, 5.41) is 3.19. The number of nitrogens with one attached hydrogen (secondary N) is 1. The van der Waals surface area contributed by atoms with E-state index in [1.54, 1.807) is 0 Å². The van der Waals surface area contributed by atoms with E-state index in [0.717, 1.165) is 31.2 Å². The number of nitrogens with two attached hydrogens (primary N) is 2. The van der Waals surface area contributed by atoms with Crippen molar-refractivity contribution >= 4 is 6.03 Å². The molecule has 0 radical (unpaired) electrons. The fourth-order valence-corrected chi connectivity index (χ4v) is 6.19. The van der Waals surface area contributed by atoms with Crippen molar-refractivity contribution < 1.29 is 4.79 Å². The molecule has 1 saturated heterocycles. The van der Waals surface area contributed by atoms with Crippen molar-refractivity contribution in [3.05, 3.63) is 0 Å². The molecule has 1 unspecified atom stereocenters. The first-order valence-corrected chi connectivity index (χ1v) is 9.63. The Morgan fingerprint density at radius 1 is 1.09 bits per heavy atom. The van der Waals surface area contributed by atoms with Crippen LogP contribution >= 0.6 is 0 Å². The monoisotopic (exact) mass is 320 g/mol. The molecule has 130 valence electrons. The second kappa shape index (κ2) is 5.92. The molecule has 5 rings (SSSR count). The largest absolute Gasteiger partial charge is 0.336 e. The highest BCUT2D eigenvalue weighted by atomic mass is 16.2. The molecule has 5 N–H and O–H groups in total. The molecule has 0 aromatic heterocycles. The zero-order chi connectivity index (χ0) is 16.0. The fourth-order valence-electron chi connectivity index (χ4n) is 6.19. The molecule has 5 nitrogen and oxygen atoms in total. The Labute approximate surface area is 139 Å². The SMILES string of the molecule is NCC1CCCCN1C(=O)NCC1(N)C2CC3CC(C2)CC1C3. The molecule has 0 spiro atoms. The standard InChI is InChI=1S/C18H32N4O/c19-10-16-3-1-2-4-22(16)17(23)21-11-18(20)14-6-12-5-13(8-14)9-15(18)7-12/h12-16H,1-11,19-20H2,(H,21,23). The summed E-state index contributed by atoms with van der Waals surface area (Å²) < 4.78 is 0. The Morgan fingerprint density at radius 3 is 2.35 bits per heavy atom. The summed E-state index contributed by atoms with van der Waals surface area (Å²) in [5.74, 6) is 3.05. The van der Waals surface area contributed by atoms with Gasteiger partial charge in [0.2, 0.25) is 0 Å². The van der Waals surface area contributed by atoms with E-state index in [2.05, 4.69) is 5.32 Å². The predicted molar refractivity (Wildman–Crippen MR) is 90.8 cm³/mol. The van der Waals surface area contributed by atoms with E-state index in [0.29, 0.717) is 24.9 Å². The summed E-state index contributed by atoms with van der Waals surface area (Å²) in [4.78, 5) is 14.6. The lowest BCUT2D eigenvalue weighted by molar-refractivity contribution is -0.0534. The number of rotatable bonds is 3. The predicted octanol–water partition coefficient (Wildman–Crippen LogP) is 1.66. The van der Waals surface area contributed by atoms with Crippen LogP contribution in [-0.4, -0.2) is 42.1 Å². The van der Waals surface area contributed by atoms with Gasteiger partial charge in [-0.3, -0.25) is 0 Å². The van der Waals surface area contributed by atoms with Crippen molar-refractivity contribution in [3.8, 4) is 0 Å². The smallest absolute Gasteiger partial charge is 0.317 e. The molecule has 23 heavy (non-hydrogen) atoms. The number of carbonyl (C=O) groups excluding carboxylic acids is 1. The van der Waals surface area contributed by atoms with Crippen LogP contribution in [0.25, 0.3) is 0 Å². The van der Waals surface area contributed by atoms with Crippen LogP contribution in [0, 0.1) is 23.7 Å². The van der Waals surface area contributed by atoms with Crippen molar-refractivity contribution in [3.63, 3.8) is 0 Å². The minimum absolute atomic E-state index is 0.0544. The molecule has 4 saturated carbocycles. The third-order valence-corrected chi connectivity index (χ3v) is 7.36. The minimum Gasteiger partial charge on any atom is -0.336 e. The maximum absolute atomic E-state index is 12.6. The summed E-state index contributed by atoms with van der Waals surface area (Å²) in [6, 6.07) is 0.259. The van der Waals surface area contributed by atoms with Gasteiger partial charge in [0, 0.05) is 31.2 Å². The van der Waals surface area contributed by atoms with Crippen LogP contribution in [0.5, 0.6) is 0 Å². The summed E-state index contributed by atoms with van der Waals surface area (Å²) in [7, 11) is 0. The molecule has 5 aliphatic rings. The number of likely N-dealkylation sites (tertiary alicyclic amines) is 1. The van der Waals surface area contributed by atoms with Gasteiger partial charge in [-0.25, -0.2) is 4.79 Å². The van der Waals surface area contributed by atoms with Gasteiger partial charge in [0.1, 0.15) is 0 Å². The molecule has 1 heterocycles. The van der Waals surface area contributed by atoms with Gasteiger partial charge in [-0.05, 0) is 75.0 Å². The highest BCUT2D eigenvalue weighted by molar-refractivity contribution is 5.74. The van der Waals surface area contributed by atoms with Gasteiger partial charge in [-0.1, -0.05) is 0 Å². The number of amides is 2. The summed E-state index contributed by atoms with van der Waals surface area (Å²) >= 11 is 0. The normalized spacial score (nSPS) is 45.3. The average molecular weight is 320 g/mol. The zero-order valence-electron chi connectivity index (χ0n) is 14.2. The summed E-state index contributed by atoms with van der Waals surface area (Å²) in [5.41, 5.74) is 12.6. The van der Waals surface area contributed by atoms with Crippen LogP contribution in [0.4, 0.5) is 4.79 Å². The molecule has 1 aliphatic heterocycles. The van der Waals surface area contributed by atoms with Gasteiger partial charge in [-0.15, -0.1) is 0 Å². The second-order valence-corrected chi connectivity index (χ2v) is 8.65. The van der Waals surface area contributed by atoms with E-state index < -0.39 is 0 Å². The molecular formula is C18H32N4O. The van der Waals surface area contributed by atoms with E-state index in [1.807, 2.05) is 4.90 Å². The van der Waals surface area contributed by atoms with Gasteiger partial charge in [0.25, 0.3) is 0 Å². The topological polar surface area (TPSA) is 84.4 Å². The van der Waals surface area contributed by atoms with Gasteiger partial charge >= 0.3 is 6.03 Å². The van der Waals surface area contributed by atoms with E-state index in [4.69, 9.17) is 11.5 Å². The second-order valence-electron chi connectivity index (χ2n) is 8.65. The van der Waals surface area contributed by atoms with Crippen LogP contribution in [-0.2, 0) is 0 Å². The van der Waals surface area contributed by atoms with Crippen molar-refractivity contribution in [1.29, 1.82) is 0 Å².